The van der Waals surface area contributed by atoms with E-state index >= 15 is 0 Å². The second kappa shape index (κ2) is 12.8. The number of alkyl halides is 3. The highest BCUT2D eigenvalue weighted by atomic mass is 19.4. The number of esters is 1. The Morgan fingerprint density at radius 2 is 1.90 bits per heavy atom. The van der Waals surface area contributed by atoms with E-state index in [0.717, 1.165) is 31.5 Å². The fourth-order valence-corrected chi connectivity index (χ4v) is 5.46. The zero-order chi connectivity index (χ0) is 28.9. The summed E-state index contributed by atoms with van der Waals surface area (Å²) in [6, 6.07) is 0. The molecule has 8 nitrogen and oxygen atoms in total. The predicted octanol–water partition coefficient (Wildman–Crippen LogP) is 5.04. The van der Waals surface area contributed by atoms with Crippen LogP contribution in [0.4, 0.5) is 18.9 Å². The lowest BCUT2D eigenvalue weighted by atomic mass is 9.91. The number of cyclic esters (lactones) is 1. The smallest absolute Gasteiger partial charge is 0.471 e. The van der Waals surface area contributed by atoms with Crippen LogP contribution in [-0.4, -0.2) is 67.3 Å². The minimum absolute atomic E-state index is 0.0336. The molecule has 1 atom stereocenters. The molecule has 2 aliphatic heterocycles. The number of rotatable bonds is 11. The number of nitrogens with zero attached hydrogens (tertiary/aromatic N) is 2. The lowest BCUT2D eigenvalue weighted by Gasteiger charge is -2.28. The summed E-state index contributed by atoms with van der Waals surface area (Å²) < 4.78 is 51.4. The van der Waals surface area contributed by atoms with Gasteiger partial charge >= 0.3 is 24.0 Å². The Balaban J connectivity index is 1.96. The number of ether oxygens (including phenoxy) is 2. The maximum absolute atomic E-state index is 13.5. The first-order chi connectivity index (χ1) is 18.4. The minimum Gasteiger partial charge on any atom is -0.496 e. The Kier molecular flexibility index (Phi) is 10.0. The van der Waals surface area contributed by atoms with E-state index in [4.69, 9.17) is 9.47 Å². The van der Waals surface area contributed by atoms with E-state index in [1.807, 2.05) is 0 Å². The van der Waals surface area contributed by atoms with E-state index in [-0.39, 0.29) is 48.6 Å². The maximum Gasteiger partial charge on any atom is 0.471 e. The number of hydrogen-bond donors (Lipinski definition) is 1. The van der Waals surface area contributed by atoms with Crippen molar-refractivity contribution in [3.63, 3.8) is 0 Å². The summed E-state index contributed by atoms with van der Waals surface area (Å²) >= 11 is 0. The molecule has 1 amide bonds. The third-order valence-electron chi connectivity index (χ3n) is 7.54. The van der Waals surface area contributed by atoms with Crippen LogP contribution in [0.25, 0.3) is 0 Å². The molecule has 0 bridgehead atoms. The van der Waals surface area contributed by atoms with Crippen molar-refractivity contribution in [3.8, 4) is 5.75 Å². The highest BCUT2D eigenvalue weighted by molar-refractivity contribution is 6.08. The van der Waals surface area contributed by atoms with Crippen molar-refractivity contribution in [1.82, 2.24) is 4.90 Å². The summed E-state index contributed by atoms with van der Waals surface area (Å²) in [6.07, 6.45) is 0.780. The van der Waals surface area contributed by atoms with Crippen molar-refractivity contribution in [2.24, 2.45) is 5.92 Å². The number of benzene rings is 1. The molecule has 3 rings (SSSR count). The van der Waals surface area contributed by atoms with Gasteiger partial charge in [-0.15, -0.1) is 0 Å². The van der Waals surface area contributed by atoms with E-state index in [0.29, 0.717) is 29.0 Å². The number of carboxylic acid groups (broad SMARTS) is 1. The average Bonchev–Trinajstić information content (AvgIpc) is 3.28. The molecule has 0 aromatic heterocycles. The summed E-state index contributed by atoms with van der Waals surface area (Å²) in [5, 5.41) is 9.81. The van der Waals surface area contributed by atoms with Gasteiger partial charge in [0, 0.05) is 17.7 Å². The first-order valence-electron chi connectivity index (χ1n) is 13.3. The van der Waals surface area contributed by atoms with Crippen LogP contribution in [0.2, 0.25) is 0 Å². The first kappa shape index (κ1) is 30.5. The summed E-state index contributed by atoms with van der Waals surface area (Å²) in [5.74, 6) is -4.14. The standard InChI is InChI=1S/C28H37F3N2O6/c1-5-33(27(37)28(29,30)31)23-20(24(38-4)18(3)21-16-39-26(36)22(21)23)10-9-17(2)15-19(25(34)35)11-14-32-12-7-6-8-13-32/h9,19H,5-8,10-16H2,1-4H3,(H,34,35)/b17-9+. The number of likely N-dealkylation sites (tertiary alicyclic amines) is 1. The molecule has 1 N–H and O–H groups in total. The Morgan fingerprint density at radius 3 is 2.46 bits per heavy atom. The SMILES string of the molecule is CCN(C(=O)C(F)(F)F)c1c(C/C=C(\C)CC(CCN2CCCCC2)C(=O)O)c(OC)c(C)c2c1C(=O)OC2. The molecule has 0 radical (unpaired) electrons. The number of aliphatic carboxylic acids is 1. The van der Waals surface area contributed by atoms with Crippen LogP contribution in [0, 0.1) is 12.8 Å². The number of piperidine rings is 1. The second-order valence-corrected chi connectivity index (χ2v) is 10.1. The molecule has 2 heterocycles. The molecule has 2 aliphatic rings. The van der Waals surface area contributed by atoms with Crippen LogP contribution in [0.3, 0.4) is 0 Å². The molecule has 216 valence electrons. The van der Waals surface area contributed by atoms with Crippen LogP contribution >= 0.6 is 0 Å². The van der Waals surface area contributed by atoms with Crippen molar-refractivity contribution in [1.29, 1.82) is 0 Å². The Hall–Kier alpha value is -3.08. The van der Waals surface area contributed by atoms with E-state index in [2.05, 4.69) is 4.90 Å². The molecular weight excluding hydrogens is 517 g/mol. The third kappa shape index (κ3) is 6.93. The van der Waals surface area contributed by atoms with Gasteiger partial charge in [0.15, 0.2) is 0 Å². The average molecular weight is 555 g/mol. The van der Waals surface area contributed by atoms with Gasteiger partial charge in [0.25, 0.3) is 0 Å². The molecule has 1 saturated heterocycles. The first-order valence-corrected chi connectivity index (χ1v) is 13.3. The van der Waals surface area contributed by atoms with Gasteiger partial charge < -0.3 is 24.4 Å². The summed E-state index contributed by atoms with van der Waals surface area (Å²) in [6.45, 7) is 7.02. The van der Waals surface area contributed by atoms with Gasteiger partial charge in [-0.2, -0.15) is 13.2 Å². The summed E-state index contributed by atoms with van der Waals surface area (Å²) in [4.78, 5) is 39.9. The van der Waals surface area contributed by atoms with Gasteiger partial charge in [0.05, 0.1) is 24.3 Å². The highest BCUT2D eigenvalue weighted by Gasteiger charge is 2.45. The number of carbonyl (C=O) groups excluding carboxylic acids is 2. The number of allylic oxidation sites excluding steroid dienone is 2. The summed E-state index contributed by atoms with van der Waals surface area (Å²) in [7, 11) is 1.37. The Labute approximate surface area is 226 Å². The van der Waals surface area contributed by atoms with Gasteiger partial charge in [-0.1, -0.05) is 18.1 Å². The summed E-state index contributed by atoms with van der Waals surface area (Å²) in [5.41, 5.74) is 1.66. The molecule has 1 unspecified atom stereocenters. The molecule has 0 saturated carbocycles. The van der Waals surface area contributed by atoms with Gasteiger partial charge in [0.1, 0.15) is 12.4 Å². The van der Waals surface area contributed by atoms with Crippen molar-refractivity contribution in [2.45, 2.75) is 72.1 Å². The molecule has 0 spiro atoms. The molecular formula is C28H37F3N2O6. The van der Waals surface area contributed by atoms with E-state index < -0.39 is 29.9 Å². The third-order valence-corrected chi connectivity index (χ3v) is 7.54. The number of fused-ring (bicyclic) bond motifs is 1. The number of halogens is 3. The van der Waals surface area contributed by atoms with Gasteiger partial charge in [0.2, 0.25) is 0 Å². The fourth-order valence-electron chi connectivity index (χ4n) is 5.46. The quantitative estimate of drug-likeness (QED) is 0.302. The van der Waals surface area contributed by atoms with Crippen molar-refractivity contribution >= 4 is 23.5 Å². The second-order valence-electron chi connectivity index (χ2n) is 10.1. The van der Waals surface area contributed by atoms with E-state index in [9.17, 15) is 32.7 Å². The number of anilines is 1. The number of hydrogen-bond acceptors (Lipinski definition) is 6. The molecule has 1 aromatic rings. The molecule has 39 heavy (non-hydrogen) atoms. The van der Waals surface area contributed by atoms with Gasteiger partial charge in [-0.3, -0.25) is 9.59 Å². The van der Waals surface area contributed by atoms with Crippen molar-refractivity contribution in [3.05, 3.63) is 33.9 Å². The normalized spacial score (nSPS) is 17.0. The van der Waals surface area contributed by atoms with Crippen molar-refractivity contribution < 1.29 is 42.1 Å². The molecule has 1 fully saturated rings. The van der Waals surface area contributed by atoms with Crippen LogP contribution in [0.15, 0.2) is 11.6 Å². The number of carboxylic acids is 1. The monoisotopic (exact) mass is 554 g/mol. The molecule has 1 aromatic carbocycles. The van der Waals surface area contributed by atoms with E-state index in [1.165, 1.54) is 20.5 Å². The lowest BCUT2D eigenvalue weighted by Crippen LogP contribution is -2.42. The predicted molar refractivity (Wildman–Crippen MR) is 139 cm³/mol. The van der Waals surface area contributed by atoms with Crippen LogP contribution in [0.1, 0.15) is 73.0 Å². The molecule has 0 aliphatic carbocycles. The Bertz CT molecular complexity index is 1130. The van der Waals surface area contributed by atoms with Crippen LogP contribution in [-0.2, 0) is 27.4 Å². The van der Waals surface area contributed by atoms with Crippen LogP contribution in [0.5, 0.6) is 5.75 Å². The largest absolute Gasteiger partial charge is 0.496 e. The minimum atomic E-state index is -5.16. The zero-order valence-electron chi connectivity index (χ0n) is 22.9. The van der Waals surface area contributed by atoms with Gasteiger partial charge in [-0.25, -0.2) is 4.79 Å². The zero-order valence-corrected chi connectivity index (χ0v) is 22.9. The van der Waals surface area contributed by atoms with Crippen LogP contribution < -0.4 is 9.64 Å². The number of carbonyl (C=O) groups is 3. The fraction of sp³-hybridized carbons (Fsp3) is 0.607. The highest BCUT2D eigenvalue weighted by Crippen LogP contribution is 2.44. The topological polar surface area (TPSA) is 96.4 Å². The molecule has 11 heteroatoms. The number of amides is 1. The van der Waals surface area contributed by atoms with Gasteiger partial charge in [-0.05, 0) is 78.1 Å². The van der Waals surface area contributed by atoms with Crippen molar-refractivity contribution in [2.75, 3.05) is 38.2 Å². The maximum atomic E-state index is 13.5. The Morgan fingerprint density at radius 1 is 1.23 bits per heavy atom. The lowest BCUT2D eigenvalue weighted by molar-refractivity contribution is -0.170. The number of methoxy groups -OCH3 is 1. The van der Waals surface area contributed by atoms with E-state index in [1.54, 1.807) is 19.9 Å².